The zero-order chi connectivity index (χ0) is 16.5. The molecule has 24 heavy (non-hydrogen) atoms. The summed E-state index contributed by atoms with van der Waals surface area (Å²) in [5.74, 6) is 1.40. The lowest BCUT2D eigenvalue weighted by Crippen LogP contribution is -2.23. The van der Waals surface area contributed by atoms with E-state index in [0.717, 1.165) is 42.3 Å². The Morgan fingerprint density at radius 1 is 1.29 bits per heavy atom. The predicted molar refractivity (Wildman–Crippen MR) is 93.3 cm³/mol. The maximum atomic E-state index is 13.2. The summed E-state index contributed by atoms with van der Waals surface area (Å²) in [4.78, 5) is 8.17. The van der Waals surface area contributed by atoms with Crippen molar-refractivity contribution < 1.29 is 8.81 Å². The van der Waals surface area contributed by atoms with Gasteiger partial charge in [0.2, 0.25) is 5.89 Å². The molecule has 0 amide bonds. The molecule has 1 aliphatic rings. The Kier molecular flexibility index (Phi) is 4.21. The summed E-state index contributed by atoms with van der Waals surface area (Å²) in [5, 5.41) is 2.03. The largest absolute Gasteiger partial charge is 0.440 e. The minimum absolute atomic E-state index is 0.184. The summed E-state index contributed by atoms with van der Waals surface area (Å²) < 4.78 is 19.0. The van der Waals surface area contributed by atoms with Crippen LogP contribution in [-0.4, -0.2) is 16.4 Å². The van der Waals surface area contributed by atoms with Crippen LogP contribution >= 0.6 is 11.3 Å². The number of aromatic nitrogens is 1. The SMILES string of the molecule is Cc1oc(-c2cccs2)nc1CN1CCCC1c1ccc(F)cc1. The first-order chi connectivity index (χ1) is 11.7. The van der Waals surface area contributed by atoms with Crippen molar-refractivity contribution >= 4 is 11.3 Å². The van der Waals surface area contributed by atoms with Gasteiger partial charge in [0.1, 0.15) is 11.6 Å². The number of likely N-dealkylation sites (tertiary alicyclic amines) is 1. The number of thiophene rings is 1. The molecule has 3 aromatic rings. The highest BCUT2D eigenvalue weighted by Gasteiger charge is 2.27. The normalized spacial score (nSPS) is 18.3. The van der Waals surface area contributed by atoms with Gasteiger partial charge in [0.05, 0.1) is 10.6 Å². The molecule has 4 rings (SSSR count). The molecule has 0 bridgehead atoms. The number of rotatable bonds is 4. The quantitative estimate of drug-likeness (QED) is 0.653. The summed E-state index contributed by atoms with van der Waals surface area (Å²) in [6, 6.07) is 11.2. The summed E-state index contributed by atoms with van der Waals surface area (Å²) in [6.07, 6.45) is 2.25. The number of hydrogen-bond donors (Lipinski definition) is 0. The van der Waals surface area contributed by atoms with Crippen molar-refractivity contribution in [3.8, 4) is 10.8 Å². The lowest BCUT2D eigenvalue weighted by Gasteiger charge is -2.24. The second-order valence-corrected chi connectivity index (χ2v) is 7.13. The van der Waals surface area contributed by atoms with E-state index in [9.17, 15) is 4.39 Å². The number of nitrogens with zero attached hydrogens (tertiary/aromatic N) is 2. The first-order valence-electron chi connectivity index (χ1n) is 8.20. The molecule has 1 aromatic carbocycles. The Morgan fingerprint density at radius 3 is 2.88 bits per heavy atom. The fraction of sp³-hybridized carbons (Fsp3) is 0.316. The average Bonchev–Trinajstić information content (AvgIpc) is 3.31. The summed E-state index contributed by atoms with van der Waals surface area (Å²) in [6.45, 7) is 3.77. The molecule has 1 unspecified atom stereocenters. The highest BCUT2D eigenvalue weighted by atomic mass is 32.1. The van der Waals surface area contributed by atoms with Gasteiger partial charge in [-0.05, 0) is 55.5 Å². The second kappa shape index (κ2) is 6.49. The fourth-order valence-electron chi connectivity index (χ4n) is 3.35. The van der Waals surface area contributed by atoms with Crippen LogP contribution in [0.3, 0.4) is 0 Å². The zero-order valence-corrected chi connectivity index (χ0v) is 14.4. The van der Waals surface area contributed by atoms with Crippen molar-refractivity contribution in [1.29, 1.82) is 0 Å². The number of halogens is 1. The van der Waals surface area contributed by atoms with Gasteiger partial charge in [-0.2, -0.15) is 0 Å². The molecule has 0 spiro atoms. The molecule has 3 nitrogen and oxygen atoms in total. The molecule has 0 saturated carbocycles. The monoisotopic (exact) mass is 342 g/mol. The molecule has 1 fully saturated rings. The van der Waals surface area contributed by atoms with Gasteiger partial charge in [-0.15, -0.1) is 11.3 Å². The third-order valence-corrected chi connectivity index (χ3v) is 5.45. The van der Waals surface area contributed by atoms with Crippen molar-refractivity contribution in [3.05, 3.63) is 64.6 Å². The van der Waals surface area contributed by atoms with Gasteiger partial charge in [0.15, 0.2) is 0 Å². The first kappa shape index (κ1) is 15.5. The number of benzene rings is 1. The molecule has 0 radical (unpaired) electrons. The Balaban J connectivity index is 1.55. The van der Waals surface area contributed by atoms with Gasteiger partial charge >= 0.3 is 0 Å². The van der Waals surface area contributed by atoms with Crippen LogP contribution in [0.4, 0.5) is 4.39 Å². The molecule has 1 aliphatic heterocycles. The van der Waals surface area contributed by atoms with Crippen molar-refractivity contribution in [2.24, 2.45) is 0 Å². The van der Waals surface area contributed by atoms with Crippen LogP contribution in [0.25, 0.3) is 10.8 Å². The molecular formula is C19H19FN2OS. The van der Waals surface area contributed by atoms with Crippen molar-refractivity contribution in [2.45, 2.75) is 32.4 Å². The second-order valence-electron chi connectivity index (χ2n) is 6.18. The molecule has 0 N–H and O–H groups in total. The lowest BCUT2D eigenvalue weighted by molar-refractivity contribution is 0.244. The van der Waals surface area contributed by atoms with E-state index in [-0.39, 0.29) is 5.82 Å². The Bertz CT molecular complexity index is 811. The first-order valence-corrected chi connectivity index (χ1v) is 9.08. The van der Waals surface area contributed by atoms with Crippen LogP contribution in [0.15, 0.2) is 46.2 Å². The van der Waals surface area contributed by atoms with E-state index in [1.165, 1.54) is 5.56 Å². The number of oxazole rings is 1. The lowest BCUT2D eigenvalue weighted by atomic mass is 10.0. The predicted octanol–water partition coefficient (Wildman–Crippen LogP) is 5.19. The van der Waals surface area contributed by atoms with Gasteiger partial charge in [0.25, 0.3) is 0 Å². The van der Waals surface area contributed by atoms with E-state index in [2.05, 4.69) is 4.90 Å². The van der Waals surface area contributed by atoms with E-state index in [1.54, 1.807) is 23.5 Å². The fourth-order valence-corrected chi connectivity index (χ4v) is 4.00. The Labute approximate surface area is 144 Å². The summed E-state index contributed by atoms with van der Waals surface area (Å²) in [5.41, 5.74) is 2.17. The van der Waals surface area contributed by atoms with E-state index >= 15 is 0 Å². The highest BCUT2D eigenvalue weighted by Crippen LogP contribution is 2.34. The molecule has 124 valence electrons. The standard InChI is InChI=1S/C19H19FN2OS/c1-13-16(21-19(23-13)18-5-3-11-24-18)12-22-10-2-4-17(22)14-6-8-15(20)9-7-14/h3,5-9,11,17H,2,4,10,12H2,1H3. The van der Waals surface area contributed by atoms with E-state index in [0.29, 0.717) is 11.9 Å². The van der Waals surface area contributed by atoms with Crippen LogP contribution < -0.4 is 0 Å². The van der Waals surface area contributed by atoms with Crippen LogP contribution in [0.5, 0.6) is 0 Å². The van der Waals surface area contributed by atoms with Crippen LogP contribution in [0, 0.1) is 12.7 Å². The van der Waals surface area contributed by atoms with E-state index in [1.807, 2.05) is 36.6 Å². The van der Waals surface area contributed by atoms with Crippen LogP contribution in [0.2, 0.25) is 0 Å². The average molecular weight is 342 g/mol. The minimum atomic E-state index is -0.184. The molecule has 1 saturated heterocycles. The van der Waals surface area contributed by atoms with Gasteiger partial charge in [-0.1, -0.05) is 18.2 Å². The van der Waals surface area contributed by atoms with Gasteiger partial charge < -0.3 is 4.42 Å². The van der Waals surface area contributed by atoms with Crippen LogP contribution in [0.1, 0.15) is 35.9 Å². The van der Waals surface area contributed by atoms with E-state index < -0.39 is 0 Å². The summed E-state index contributed by atoms with van der Waals surface area (Å²) >= 11 is 1.63. The third-order valence-electron chi connectivity index (χ3n) is 4.60. The topological polar surface area (TPSA) is 29.3 Å². The van der Waals surface area contributed by atoms with Gasteiger partial charge in [-0.3, -0.25) is 4.90 Å². The smallest absolute Gasteiger partial charge is 0.236 e. The molecule has 2 aromatic heterocycles. The van der Waals surface area contributed by atoms with E-state index in [4.69, 9.17) is 9.40 Å². The van der Waals surface area contributed by atoms with Crippen LogP contribution in [-0.2, 0) is 6.54 Å². The van der Waals surface area contributed by atoms with Crippen molar-refractivity contribution in [1.82, 2.24) is 9.88 Å². The summed E-state index contributed by atoms with van der Waals surface area (Å²) in [7, 11) is 0. The highest BCUT2D eigenvalue weighted by molar-refractivity contribution is 7.13. The number of hydrogen-bond acceptors (Lipinski definition) is 4. The van der Waals surface area contributed by atoms with Crippen molar-refractivity contribution in [3.63, 3.8) is 0 Å². The third kappa shape index (κ3) is 3.01. The molecule has 0 aliphatic carbocycles. The zero-order valence-electron chi connectivity index (χ0n) is 13.5. The van der Waals surface area contributed by atoms with Gasteiger partial charge in [0, 0.05) is 12.6 Å². The Morgan fingerprint density at radius 2 is 2.12 bits per heavy atom. The maximum Gasteiger partial charge on any atom is 0.236 e. The molecular weight excluding hydrogens is 323 g/mol. The Hall–Kier alpha value is -1.98. The van der Waals surface area contributed by atoms with Crippen molar-refractivity contribution in [2.75, 3.05) is 6.54 Å². The van der Waals surface area contributed by atoms with Gasteiger partial charge in [-0.25, -0.2) is 9.37 Å². The molecule has 1 atom stereocenters. The number of aryl methyl sites for hydroxylation is 1. The molecule has 5 heteroatoms. The molecule has 3 heterocycles. The minimum Gasteiger partial charge on any atom is -0.440 e. The maximum absolute atomic E-state index is 13.2.